The fraction of sp³-hybridized carbons (Fsp3) is 0.360. The number of aromatic nitrogens is 3. The number of fused-ring (bicyclic) bond motifs is 3. The molecule has 186 valence electrons. The number of nitrogens with zero attached hydrogens (tertiary/aromatic N) is 3. The van der Waals surface area contributed by atoms with Crippen LogP contribution in [-0.4, -0.2) is 57.5 Å². The molecule has 1 saturated heterocycles. The van der Waals surface area contributed by atoms with Crippen molar-refractivity contribution in [2.75, 3.05) is 19.8 Å². The van der Waals surface area contributed by atoms with E-state index >= 15 is 0 Å². The average Bonchev–Trinajstić information content (AvgIpc) is 3.57. The Hall–Kier alpha value is -4.14. The first-order chi connectivity index (χ1) is 17.2. The molecular formula is C25H25N5O6. The second-order valence-corrected chi connectivity index (χ2v) is 8.89. The van der Waals surface area contributed by atoms with Crippen LogP contribution in [0.2, 0.25) is 0 Å². The number of aryl methyl sites for hydroxylation is 1. The molecule has 0 bridgehead atoms. The minimum Gasteiger partial charge on any atom is -0.491 e. The van der Waals surface area contributed by atoms with Gasteiger partial charge in [-0.05, 0) is 38.5 Å². The number of benzene rings is 1. The third-order valence-electron chi connectivity index (χ3n) is 6.05. The van der Waals surface area contributed by atoms with Crippen LogP contribution in [-0.2, 0) is 16.9 Å². The van der Waals surface area contributed by atoms with Crippen LogP contribution in [0.25, 0.3) is 11.4 Å². The lowest BCUT2D eigenvalue weighted by Crippen LogP contribution is -2.37. The minimum atomic E-state index is -1.53. The number of ether oxygens (including phenoxy) is 2. The Morgan fingerprint density at radius 1 is 1.31 bits per heavy atom. The van der Waals surface area contributed by atoms with Gasteiger partial charge in [0.05, 0.1) is 24.8 Å². The van der Waals surface area contributed by atoms with Crippen molar-refractivity contribution < 1.29 is 28.7 Å². The summed E-state index contributed by atoms with van der Waals surface area (Å²) in [6.07, 6.45) is 0.685. The molecule has 2 atom stereocenters. The maximum Gasteiger partial charge on any atom is 0.270 e. The summed E-state index contributed by atoms with van der Waals surface area (Å²) >= 11 is 0. The average molecular weight is 492 g/mol. The van der Waals surface area contributed by atoms with Gasteiger partial charge in [0.2, 0.25) is 0 Å². The quantitative estimate of drug-likeness (QED) is 0.459. The smallest absolute Gasteiger partial charge is 0.270 e. The van der Waals surface area contributed by atoms with Gasteiger partial charge in [0.25, 0.3) is 11.8 Å². The number of primary amides is 1. The van der Waals surface area contributed by atoms with Gasteiger partial charge in [-0.1, -0.05) is 17.0 Å². The lowest BCUT2D eigenvalue weighted by Gasteiger charge is -2.13. The molecule has 1 unspecified atom stereocenters. The first-order valence-electron chi connectivity index (χ1n) is 11.5. The third kappa shape index (κ3) is 4.44. The van der Waals surface area contributed by atoms with Gasteiger partial charge in [-0.25, -0.2) is 4.98 Å². The molecule has 1 fully saturated rings. The van der Waals surface area contributed by atoms with Crippen molar-refractivity contribution >= 4 is 11.8 Å². The topological polar surface area (TPSA) is 155 Å². The summed E-state index contributed by atoms with van der Waals surface area (Å²) in [7, 11) is 0. The summed E-state index contributed by atoms with van der Waals surface area (Å²) in [6, 6.07) is 6.68. The van der Waals surface area contributed by atoms with Crippen LogP contribution in [0.15, 0.2) is 28.8 Å². The molecule has 0 saturated carbocycles. The highest BCUT2D eigenvalue weighted by Crippen LogP contribution is 2.34. The molecule has 4 N–H and O–H groups in total. The van der Waals surface area contributed by atoms with Crippen LogP contribution in [0.3, 0.4) is 0 Å². The van der Waals surface area contributed by atoms with E-state index < -0.39 is 17.4 Å². The molecule has 11 nitrogen and oxygen atoms in total. The van der Waals surface area contributed by atoms with Gasteiger partial charge in [-0.2, -0.15) is 0 Å². The maximum atomic E-state index is 13.2. The molecule has 5 rings (SSSR count). The molecule has 0 spiro atoms. The van der Waals surface area contributed by atoms with Crippen molar-refractivity contribution in [1.82, 2.24) is 20.0 Å². The van der Waals surface area contributed by atoms with Crippen LogP contribution < -0.4 is 15.8 Å². The summed E-state index contributed by atoms with van der Waals surface area (Å²) in [5, 5.41) is 17.5. The summed E-state index contributed by atoms with van der Waals surface area (Å²) in [5.41, 5.74) is 5.44. The standard InChI is InChI=1S/C25H25N5O6/c1-14-11-19(29-36-14)25(2,33)7-5-15-3-4-18-17(12-15)23-28-20(22(26)31)21(30(23)8-10-35-18)24(32)27-16-6-9-34-13-16/h3-4,11-12,16,33H,6,8-10,13H2,1-2H3,(H2,26,31)(H,27,32)/t16?,25-/m1/s1. The van der Waals surface area contributed by atoms with E-state index in [0.717, 1.165) is 0 Å². The SMILES string of the molecule is Cc1cc([C@](C)(O)C#Cc2ccc3c(c2)-c2nc(C(N)=O)c(C(=O)NC4CCOC4)n2CCO3)no1. The maximum absolute atomic E-state index is 13.2. The molecule has 2 amide bonds. The molecule has 36 heavy (non-hydrogen) atoms. The highest BCUT2D eigenvalue weighted by Gasteiger charge is 2.31. The highest BCUT2D eigenvalue weighted by atomic mass is 16.5. The Kier molecular flexibility index (Phi) is 5.99. The van der Waals surface area contributed by atoms with Crippen molar-refractivity contribution in [2.24, 2.45) is 5.73 Å². The second-order valence-electron chi connectivity index (χ2n) is 8.89. The van der Waals surface area contributed by atoms with E-state index in [-0.39, 0.29) is 30.6 Å². The summed E-state index contributed by atoms with van der Waals surface area (Å²) in [4.78, 5) is 29.8. The fourth-order valence-electron chi connectivity index (χ4n) is 4.19. The van der Waals surface area contributed by atoms with Crippen molar-refractivity contribution in [1.29, 1.82) is 0 Å². The van der Waals surface area contributed by atoms with E-state index in [1.807, 2.05) is 0 Å². The number of nitrogens with one attached hydrogen (secondary N) is 1. The number of nitrogens with two attached hydrogens (primary N) is 1. The van der Waals surface area contributed by atoms with E-state index in [4.69, 9.17) is 19.7 Å². The normalized spacial score (nSPS) is 18.0. The first-order valence-corrected chi connectivity index (χ1v) is 11.5. The number of amides is 2. The fourth-order valence-corrected chi connectivity index (χ4v) is 4.19. The first kappa shape index (κ1) is 23.6. The molecule has 11 heteroatoms. The Morgan fingerprint density at radius 3 is 2.83 bits per heavy atom. The van der Waals surface area contributed by atoms with Gasteiger partial charge in [0.1, 0.15) is 35.3 Å². The van der Waals surface area contributed by atoms with Gasteiger partial charge in [-0.15, -0.1) is 0 Å². The summed E-state index contributed by atoms with van der Waals surface area (Å²) in [6.45, 7) is 4.76. The van der Waals surface area contributed by atoms with Gasteiger partial charge < -0.3 is 34.7 Å². The van der Waals surface area contributed by atoms with Crippen LogP contribution >= 0.6 is 0 Å². The molecule has 4 heterocycles. The zero-order valence-corrected chi connectivity index (χ0v) is 19.8. The van der Waals surface area contributed by atoms with E-state index in [1.165, 1.54) is 6.92 Å². The van der Waals surface area contributed by atoms with Gasteiger partial charge >= 0.3 is 0 Å². The van der Waals surface area contributed by atoms with Crippen molar-refractivity contribution in [3.8, 4) is 29.0 Å². The van der Waals surface area contributed by atoms with Crippen LogP contribution in [0.4, 0.5) is 0 Å². The number of aliphatic hydroxyl groups is 1. The van der Waals surface area contributed by atoms with E-state index in [1.54, 1.807) is 35.8 Å². The Morgan fingerprint density at radius 2 is 2.14 bits per heavy atom. The Bertz CT molecular complexity index is 1400. The number of hydrogen-bond acceptors (Lipinski definition) is 8. The van der Waals surface area contributed by atoms with Crippen molar-refractivity contribution in [3.05, 3.63) is 52.7 Å². The van der Waals surface area contributed by atoms with Gasteiger partial charge in [0.15, 0.2) is 11.3 Å². The van der Waals surface area contributed by atoms with E-state index in [2.05, 4.69) is 27.3 Å². The lowest BCUT2D eigenvalue weighted by molar-refractivity contribution is 0.0905. The number of rotatable bonds is 4. The number of hydrogen-bond donors (Lipinski definition) is 3. The molecule has 2 aromatic heterocycles. The van der Waals surface area contributed by atoms with Crippen LogP contribution in [0, 0.1) is 18.8 Å². The molecular weight excluding hydrogens is 466 g/mol. The third-order valence-corrected chi connectivity index (χ3v) is 6.05. The molecule has 1 aromatic carbocycles. The largest absolute Gasteiger partial charge is 0.491 e. The van der Waals surface area contributed by atoms with Crippen LogP contribution in [0.5, 0.6) is 5.75 Å². The highest BCUT2D eigenvalue weighted by molar-refractivity contribution is 6.05. The van der Waals surface area contributed by atoms with Crippen molar-refractivity contribution in [3.63, 3.8) is 0 Å². The predicted molar refractivity (Wildman–Crippen MR) is 126 cm³/mol. The van der Waals surface area contributed by atoms with E-state index in [0.29, 0.717) is 53.8 Å². The summed E-state index contributed by atoms with van der Waals surface area (Å²) < 4.78 is 17.9. The number of carbonyl (C=O) groups excluding carboxylic acids is 2. The summed E-state index contributed by atoms with van der Waals surface area (Å²) in [5.74, 6) is 5.96. The zero-order valence-electron chi connectivity index (χ0n) is 19.8. The van der Waals surface area contributed by atoms with Crippen molar-refractivity contribution in [2.45, 2.75) is 38.5 Å². The number of carbonyl (C=O) groups is 2. The van der Waals surface area contributed by atoms with Crippen LogP contribution in [0.1, 0.15) is 51.3 Å². The Balaban J connectivity index is 1.54. The predicted octanol–water partition coefficient (Wildman–Crippen LogP) is 1.12. The lowest BCUT2D eigenvalue weighted by atomic mass is 10.0. The van der Waals surface area contributed by atoms with Gasteiger partial charge in [0, 0.05) is 18.2 Å². The molecule has 0 radical (unpaired) electrons. The molecule has 2 aliphatic rings. The number of imidazole rings is 1. The van der Waals surface area contributed by atoms with E-state index in [9.17, 15) is 14.7 Å². The molecule has 2 aliphatic heterocycles. The van der Waals surface area contributed by atoms with Gasteiger partial charge in [-0.3, -0.25) is 9.59 Å². The molecule has 0 aliphatic carbocycles. The monoisotopic (exact) mass is 491 g/mol. The zero-order chi connectivity index (χ0) is 25.4. The second kappa shape index (κ2) is 9.14. The molecule has 3 aromatic rings. The minimum absolute atomic E-state index is 0.0849. The Labute approximate surface area is 206 Å².